The van der Waals surface area contributed by atoms with Crippen LogP contribution in [0, 0.1) is 6.92 Å². The summed E-state index contributed by atoms with van der Waals surface area (Å²) in [6.45, 7) is 1.37. The highest BCUT2D eigenvalue weighted by Crippen LogP contribution is 2.33. The molecule has 0 unspecified atom stereocenters. The van der Waals surface area contributed by atoms with Gasteiger partial charge in [0.1, 0.15) is 4.90 Å². The molecule has 7 nitrogen and oxygen atoms in total. The minimum absolute atomic E-state index is 0.0160. The molecule has 31 heavy (non-hydrogen) atoms. The molecule has 0 fully saturated rings. The van der Waals surface area contributed by atoms with E-state index >= 15 is 0 Å². The number of benzene rings is 2. The van der Waals surface area contributed by atoms with Crippen molar-refractivity contribution in [3.8, 4) is 5.69 Å². The van der Waals surface area contributed by atoms with E-state index in [4.69, 9.17) is 34.8 Å². The molecule has 3 rings (SSSR count). The van der Waals surface area contributed by atoms with Gasteiger partial charge in [0.05, 0.1) is 27.0 Å². The first-order valence-electron chi connectivity index (χ1n) is 8.13. The molecule has 0 radical (unpaired) electrons. The maximum atomic E-state index is 12.8. The lowest BCUT2D eigenvalue weighted by Gasteiger charge is -2.11. The van der Waals surface area contributed by atoms with Crippen LogP contribution in [0.3, 0.4) is 0 Å². The van der Waals surface area contributed by atoms with Gasteiger partial charge in [-0.2, -0.15) is 13.2 Å². The number of carbonyl (C=O) groups is 1. The van der Waals surface area contributed by atoms with Crippen LogP contribution in [-0.2, 0) is 16.2 Å². The number of halogens is 6. The molecule has 14 heteroatoms. The zero-order valence-electron chi connectivity index (χ0n) is 15.2. The number of rotatable bonds is 4. The fourth-order valence-corrected chi connectivity index (χ4v) is 4.53. The lowest BCUT2D eigenvalue weighted by molar-refractivity contribution is -0.137. The van der Waals surface area contributed by atoms with Crippen molar-refractivity contribution in [2.24, 2.45) is 0 Å². The van der Waals surface area contributed by atoms with Crippen molar-refractivity contribution in [1.82, 2.24) is 19.7 Å². The monoisotopic (exact) mass is 512 g/mol. The Morgan fingerprint density at radius 2 is 1.74 bits per heavy atom. The van der Waals surface area contributed by atoms with Crippen LogP contribution in [0.4, 0.5) is 13.2 Å². The summed E-state index contributed by atoms with van der Waals surface area (Å²) in [6, 6.07) is 6.13. The second-order valence-corrected chi connectivity index (χ2v) is 9.01. The van der Waals surface area contributed by atoms with Crippen LogP contribution in [0.15, 0.2) is 41.3 Å². The Bertz CT molecular complexity index is 1290. The highest BCUT2D eigenvalue weighted by atomic mass is 35.5. The molecule has 0 bridgehead atoms. The molecular formula is C17H10Cl3F3N4O3S. The molecule has 0 aliphatic carbocycles. The first-order valence-corrected chi connectivity index (χ1v) is 10.7. The molecule has 0 spiro atoms. The zero-order valence-corrected chi connectivity index (χ0v) is 18.3. The maximum absolute atomic E-state index is 12.8. The second kappa shape index (κ2) is 8.30. The summed E-state index contributed by atoms with van der Waals surface area (Å²) in [4.78, 5) is 12.1. The number of nitrogens with zero attached hydrogens (tertiary/aromatic N) is 3. The number of alkyl halides is 3. The number of sulfonamides is 1. The fourth-order valence-electron chi connectivity index (χ4n) is 2.54. The van der Waals surface area contributed by atoms with Gasteiger partial charge in [-0.05, 0) is 43.3 Å². The second-order valence-electron chi connectivity index (χ2n) is 6.11. The number of nitrogens with one attached hydrogen (secondary N) is 1. The highest BCUT2D eigenvalue weighted by Gasteiger charge is 2.31. The van der Waals surface area contributed by atoms with Gasteiger partial charge < -0.3 is 0 Å². The van der Waals surface area contributed by atoms with Crippen molar-refractivity contribution < 1.29 is 26.4 Å². The molecule has 1 aromatic heterocycles. The molecule has 0 saturated heterocycles. The number of aromatic nitrogens is 3. The van der Waals surface area contributed by atoms with Crippen molar-refractivity contribution in [2.45, 2.75) is 18.0 Å². The van der Waals surface area contributed by atoms with Gasteiger partial charge >= 0.3 is 6.18 Å². The van der Waals surface area contributed by atoms with E-state index < -0.39 is 27.7 Å². The summed E-state index contributed by atoms with van der Waals surface area (Å²) in [6.07, 6.45) is -4.60. The summed E-state index contributed by atoms with van der Waals surface area (Å²) in [5, 5.41) is 7.01. The molecule has 164 valence electrons. The smallest absolute Gasteiger partial charge is 0.266 e. The molecule has 1 N–H and O–H groups in total. The van der Waals surface area contributed by atoms with E-state index in [1.807, 2.05) is 0 Å². The Hall–Kier alpha value is -2.34. The van der Waals surface area contributed by atoms with Crippen LogP contribution >= 0.6 is 34.8 Å². The molecule has 1 heterocycles. The summed E-state index contributed by atoms with van der Waals surface area (Å²) < 4.78 is 66.2. The van der Waals surface area contributed by atoms with Crippen LogP contribution in [0.2, 0.25) is 15.1 Å². The lowest BCUT2D eigenvalue weighted by Crippen LogP contribution is -2.31. The third-order valence-corrected chi connectivity index (χ3v) is 6.38. The summed E-state index contributed by atoms with van der Waals surface area (Å²) >= 11 is 17.6. The van der Waals surface area contributed by atoms with Crippen LogP contribution in [0.25, 0.3) is 5.69 Å². The number of carbonyl (C=O) groups excluding carboxylic acids is 1. The summed E-state index contributed by atoms with van der Waals surface area (Å²) in [7, 11) is -4.38. The van der Waals surface area contributed by atoms with E-state index in [0.717, 1.165) is 22.9 Å². The minimum atomic E-state index is -4.60. The van der Waals surface area contributed by atoms with Gasteiger partial charge in [-0.25, -0.2) is 17.8 Å². The van der Waals surface area contributed by atoms with Gasteiger partial charge in [-0.3, -0.25) is 4.79 Å². The van der Waals surface area contributed by atoms with Crippen LogP contribution in [-0.4, -0.2) is 29.3 Å². The maximum Gasteiger partial charge on any atom is 0.416 e. The quantitative estimate of drug-likeness (QED) is 0.547. The Labute approximate surface area is 188 Å². The third kappa shape index (κ3) is 4.79. The summed E-state index contributed by atoms with van der Waals surface area (Å²) in [5.41, 5.74) is -1.30. The molecule has 3 aromatic rings. The molecule has 0 aliphatic rings. The molecule has 2 aromatic carbocycles. The molecular weight excluding hydrogens is 504 g/mol. The topological polar surface area (TPSA) is 93.9 Å². The average Bonchev–Trinajstić information content (AvgIpc) is 3.01. The Morgan fingerprint density at radius 3 is 2.32 bits per heavy atom. The molecule has 1 amide bonds. The van der Waals surface area contributed by atoms with E-state index in [1.54, 1.807) is 4.72 Å². The van der Waals surface area contributed by atoms with E-state index in [9.17, 15) is 26.4 Å². The first kappa shape index (κ1) is 23.3. The van der Waals surface area contributed by atoms with Gasteiger partial charge in [0.25, 0.3) is 15.9 Å². The Balaban J connectivity index is 1.92. The first-order chi connectivity index (χ1) is 14.3. The fraction of sp³-hybridized carbons (Fsp3) is 0.118. The van der Waals surface area contributed by atoms with Crippen LogP contribution in [0.5, 0.6) is 0 Å². The van der Waals surface area contributed by atoms with Crippen LogP contribution in [0.1, 0.15) is 21.7 Å². The lowest BCUT2D eigenvalue weighted by atomic mass is 10.2. The zero-order chi connectivity index (χ0) is 23.1. The highest BCUT2D eigenvalue weighted by molar-refractivity contribution is 7.90. The number of hydrogen-bond donors (Lipinski definition) is 1. The normalized spacial score (nSPS) is 12.1. The average molecular weight is 514 g/mol. The third-order valence-electron chi connectivity index (χ3n) is 4.02. The predicted molar refractivity (Wildman–Crippen MR) is 107 cm³/mol. The molecule has 0 saturated carbocycles. The van der Waals surface area contributed by atoms with Crippen molar-refractivity contribution in [1.29, 1.82) is 0 Å². The standard InChI is InChI=1S/C17H10Cl3F3N4O3S/c1-8-15(16(28)25-31(29,30)14-5-3-10(18)7-12(14)20)24-26-27(8)13-4-2-9(6-11(13)19)17(21,22)23/h2-7H,1H3,(H,25,28). The summed E-state index contributed by atoms with van der Waals surface area (Å²) in [5.74, 6) is -1.13. The van der Waals surface area contributed by atoms with E-state index in [0.29, 0.717) is 6.07 Å². The van der Waals surface area contributed by atoms with Crippen LogP contribution < -0.4 is 4.72 Å². The molecule has 0 aliphatic heterocycles. The SMILES string of the molecule is Cc1c(C(=O)NS(=O)(=O)c2ccc(Cl)cc2Cl)nnn1-c1ccc(C(F)(F)F)cc1Cl. The van der Waals surface area contributed by atoms with Gasteiger partial charge in [0.2, 0.25) is 0 Å². The molecule has 0 atom stereocenters. The van der Waals surface area contributed by atoms with Gasteiger partial charge in [-0.1, -0.05) is 40.0 Å². The van der Waals surface area contributed by atoms with E-state index in [1.165, 1.54) is 19.1 Å². The number of hydrogen-bond acceptors (Lipinski definition) is 5. The van der Waals surface area contributed by atoms with E-state index in [-0.39, 0.29) is 37.0 Å². The predicted octanol–water partition coefficient (Wildman–Crippen LogP) is 4.67. The van der Waals surface area contributed by atoms with Crippen molar-refractivity contribution in [3.63, 3.8) is 0 Å². The van der Waals surface area contributed by atoms with Gasteiger partial charge in [0.15, 0.2) is 5.69 Å². The largest absolute Gasteiger partial charge is 0.416 e. The van der Waals surface area contributed by atoms with Crippen molar-refractivity contribution in [3.05, 3.63) is 68.4 Å². The Morgan fingerprint density at radius 1 is 1.06 bits per heavy atom. The van der Waals surface area contributed by atoms with Crippen molar-refractivity contribution in [2.75, 3.05) is 0 Å². The number of amides is 1. The van der Waals surface area contributed by atoms with Gasteiger partial charge in [-0.15, -0.1) is 5.10 Å². The van der Waals surface area contributed by atoms with Gasteiger partial charge in [0, 0.05) is 5.02 Å². The van der Waals surface area contributed by atoms with E-state index in [2.05, 4.69) is 10.3 Å². The minimum Gasteiger partial charge on any atom is -0.266 e. The van der Waals surface area contributed by atoms with Crippen molar-refractivity contribution >= 4 is 50.7 Å². The Kier molecular flexibility index (Phi) is 6.25.